The highest BCUT2D eigenvalue weighted by molar-refractivity contribution is 5.91. The molecular formula is C26H29N3O3. The molecule has 0 spiro atoms. The van der Waals surface area contributed by atoms with Crippen LogP contribution in [0.3, 0.4) is 0 Å². The van der Waals surface area contributed by atoms with Gasteiger partial charge in [-0.2, -0.15) is 5.11 Å². The second-order valence-electron chi connectivity index (χ2n) is 7.44. The van der Waals surface area contributed by atoms with Crippen molar-refractivity contribution in [1.29, 1.82) is 0 Å². The maximum absolute atomic E-state index is 12.4. The summed E-state index contributed by atoms with van der Waals surface area (Å²) in [5, 5.41) is 8.25. The first-order valence-corrected chi connectivity index (χ1v) is 11.1. The van der Waals surface area contributed by atoms with Gasteiger partial charge in [-0.1, -0.05) is 39.0 Å². The average Bonchev–Trinajstić information content (AvgIpc) is 2.84. The number of hydrogen-bond acceptors (Lipinski definition) is 6. The van der Waals surface area contributed by atoms with E-state index in [2.05, 4.69) is 22.1 Å². The molecule has 0 unspecified atom stereocenters. The van der Waals surface area contributed by atoms with Crippen molar-refractivity contribution in [3.63, 3.8) is 0 Å². The average molecular weight is 432 g/mol. The monoisotopic (exact) mass is 431 g/mol. The van der Waals surface area contributed by atoms with E-state index in [-0.39, 0.29) is 0 Å². The summed E-state index contributed by atoms with van der Waals surface area (Å²) >= 11 is 0. The van der Waals surface area contributed by atoms with Crippen LogP contribution in [0.1, 0.15) is 55.8 Å². The van der Waals surface area contributed by atoms with Gasteiger partial charge >= 0.3 is 5.97 Å². The zero-order valence-electron chi connectivity index (χ0n) is 18.4. The van der Waals surface area contributed by atoms with Gasteiger partial charge in [0.1, 0.15) is 17.2 Å². The van der Waals surface area contributed by atoms with Gasteiger partial charge in [-0.25, -0.2) is 4.79 Å². The summed E-state index contributed by atoms with van der Waals surface area (Å²) in [6, 6.07) is 17.5. The van der Waals surface area contributed by atoms with Crippen LogP contribution in [0.2, 0.25) is 0 Å². The number of azo groups is 1. The van der Waals surface area contributed by atoms with Crippen molar-refractivity contribution in [3.05, 3.63) is 78.6 Å². The molecule has 0 amide bonds. The minimum atomic E-state index is -0.419. The molecule has 0 atom stereocenters. The molecule has 0 aliphatic heterocycles. The molecule has 32 heavy (non-hydrogen) atoms. The van der Waals surface area contributed by atoms with E-state index < -0.39 is 5.97 Å². The standard InChI is InChI=1S/C26H29N3O3/c1-2-3-4-5-6-7-19-31-24-14-10-21(11-15-24)26(30)32-25-16-12-22(13-17-25)28-29-23-9-8-18-27-20-23/h8-18,20H,2-7,19H2,1H3. The number of aromatic nitrogens is 1. The zero-order chi connectivity index (χ0) is 22.4. The number of carbonyl (C=O) groups is 1. The van der Waals surface area contributed by atoms with E-state index in [4.69, 9.17) is 9.47 Å². The predicted molar refractivity (Wildman–Crippen MR) is 125 cm³/mol. The summed E-state index contributed by atoms with van der Waals surface area (Å²) in [6.45, 7) is 2.91. The van der Waals surface area contributed by atoms with Crippen molar-refractivity contribution in [1.82, 2.24) is 4.98 Å². The number of unbranched alkanes of at least 4 members (excludes halogenated alkanes) is 5. The lowest BCUT2D eigenvalue weighted by molar-refractivity contribution is 0.0734. The van der Waals surface area contributed by atoms with Gasteiger partial charge in [0.25, 0.3) is 0 Å². The van der Waals surface area contributed by atoms with Gasteiger partial charge in [-0.15, -0.1) is 5.11 Å². The number of ether oxygens (including phenoxy) is 2. The Morgan fingerprint density at radius 2 is 1.50 bits per heavy atom. The Hall–Kier alpha value is -3.54. The van der Waals surface area contributed by atoms with E-state index in [0.29, 0.717) is 29.3 Å². The molecule has 0 N–H and O–H groups in total. The van der Waals surface area contributed by atoms with Crippen molar-refractivity contribution < 1.29 is 14.3 Å². The van der Waals surface area contributed by atoms with Gasteiger partial charge in [0, 0.05) is 6.20 Å². The van der Waals surface area contributed by atoms with Gasteiger partial charge in [0.2, 0.25) is 0 Å². The van der Waals surface area contributed by atoms with E-state index in [1.54, 1.807) is 67.0 Å². The maximum atomic E-state index is 12.4. The number of rotatable bonds is 12. The lowest BCUT2D eigenvalue weighted by atomic mass is 10.1. The number of benzene rings is 2. The topological polar surface area (TPSA) is 73.1 Å². The minimum absolute atomic E-state index is 0.419. The molecule has 0 aliphatic rings. The highest BCUT2D eigenvalue weighted by atomic mass is 16.5. The number of pyridine rings is 1. The first-order valence-electron chi connectivity index (χ1n) is 11.1. The van der Waals surface area contributed by atoms with Crippen LogP contribution >= 0.6 is 0 Å². The molecule has 3 aromatic rings. The third-order valence-corrected chi connectivity index (χ3v) is 4.83. The third kappa shape index (κ3) is 7.95. The number of carbonyl (C=O) groups excluding carboxylic acids is 1. The highest BCUT2D eigenvalue weighted by Gasteiger charge is 2.09. The lowest BCUT2D eigenvalue weighted by Gasteiger charge is -2.08. The third-order valence-electron chi connectivity index (χ3n) is 4.83. The van der Waals surface area contributed by atoms with Crippen LogP contribution in [0.15, 0.2) is 83.3 Å². The Morgan fingerprint density at radius 1 is 0.812 bits per heavy atom. The second-order valence-corrected chi connectivity index (χ2v) is 7.44. The number of esters is 1. The molecule has 1 aromatic heterocycles. The van der Waals surface area contributed by atoms with Crippen LogP contribution in [-0.4, -0.2) is 17.6 Å². The van der Waals surface area contributed by atoms with Crippen LogP contribution < -0.4 is 9.47 Å². The van der Waals surface area contributed by atoms with Crippen molar-refractivity contribution >= 4 is 17.3 Å². The molecule has 0 saturated heterocycles. The van der Waals surface area contributed by atoms with E-state index in [1.807, 2.05) is 6.07 Å². The Bertz CT molecular complexity index is 971. The Kier molecular flexibility index (Phi) is 9.39. The smallest absolute Gasteiger partial charge is 0.343 e. The number of hydrogen-bond donors (Lipinski definition) is 0. The highest BCUT2D eigenvalue weighted by Crippen LogP contribution is 2.22. The summed E-state index contributed by atoms with van der Waals surface area (Å²) in [7, 11) is 0. The Balaban J connectivity index is 1.43. The molecule has 2 aromatic carbocycles. The fourth-order valence-electron chi connectivity index (χ4n) is 3.03. The molecule has 6 nitrogen and oxygen atoms in total. The fraction of sp³-hybridized carbons (Fsp3) is 0.308. The molecule has 0 fully saturated rings. The molecule has 166 valence electrons. The van der Waals surface area contributed by atoms with Crippen LogP contribution in [-0.2, 0) is 0 Å². The van der Waals surface area contributed by atoms with Gasteiger partial charge in [0.15, 0.2) is 0 Å². The molecule has 6 heteroatoms. The summed E-state index contributed by atoms with van der Waals surface area (Å²) in [6.07, 6.45) is 10.7. The second kappa shape index (κ2) is 13.0. The molecule has 0 radical (unpaired) electrons. The fourth-order valence-corrected chi connectivity index (χ4v) is 3.03. The largest absolute Gasteiger partial charge is 0.494 e. The molecule has 0 saturated carbocycles. The first kappa shape index (κ1) is 23.1. The van der Waals surface area contributed by atoms with E-state index in [9.17, 15) is 4.79 Å². The van der Waals surface area contributed by atoms with Crippen LogP contribution in [0.4, 0.5) is 11.4 Å². The molecule has 0 bridgehead atoms. The van der Waals surface area contributed by atoms with E-state index in [0.717, 1.165) is 12.2 Å². The van der Waals surface area contributed by atoms with Crippen LogP contribution in [0, 0.1) is 0 Å². The molecule has 1 heterocycles. The summed E-state index contributed by atoms with van der Waals surface area (Å²) < 4.78 is 11.2. The predicted octanol–water partition coefficient (Wildman–Crippen LogP) is 7.46. The summed E-state index contributed by atoms with van der Waals surface area (Å²) in [5.74, 6) is 0.786. The van der Waals surface area contributed by atoms with Crippen LogP contribution in [0.25, 0.3) is 0 Å². The van der Waals surface area contributed by atoms with Crippen molar-refractivity contribution in [3.8, 4) is 11.5 Å². The van der Waals surface area contributed by atoms with E-state index in [1.165, 1.54) is 32.1 Å². The summed E-state index contributed by atoms with van der Waals surface area (Å²) in [5.41, 5.74) is 1.79. The SMILES string of the molecule is CCCCCCCCOc1ccc(C(=O)Oc2ccc(N=Nc3cccnc3)cc2)cc1. The summed E-state index contributed by atoms with van der Waals surface area (Å²) in [4.78, 5) is 16.4. The molecular weight excluding hydrogens is 402 g/mol. The zero-order valence-corrected chi connectivity index (χ0v) is 18.4. The Labute approximate surface area is 189 Å². The van der Waals surface area contributed by atoms with Gasteiger partial charge in [0.05, 0.1) is 24.1 Å². The lowest BCUT2D eigenvalue weighted by Crippen LogP contribution is -2.08. The van der Waals surface area contributed by atoms with E-state index >= 15 is 0 Å². The Morgan fingerprint density at radius 3 is 2.22 bits per heavy atom. The molecule has 0 aliphatic carbocycles. The van der Waals surface area contributed by atoms with Crippen molar-refractivity contribution in [2.75, 3.05) is 6.61 Å². The van der Waals surface area contributed by atoms with Gasteiger partial charge < -0.3 is 9.47 Å². The normalized spacial score (nSPS) is 10.9. The van der Waals surface area contributed by atoms with Crippen molar-refractivity contribution in [2.45, 2.75) is 45.4 Å². The van der Waals surface area contributed by atoms with Gasteiger partial charge in [-0.05, 0) is 67.1 Å². The number of nitrogens with zero attached hydrogens (tertiary/aromatic N) is 3. The quantitative estimate of drug-likeness (QED) is 0.129. The first-order chi connectivity index (χ1) is 15.7. The van der Waals surface area contributed by atoms with Crippen LogP contribution in [0.5, 0.6) is 11.5 Å². The van der Waals surface area contributed by atoms with Gasteiger partial charge in [-0.3, -0.25) is 4.98 Å². The minimum Gasteiger partial charge on any atom is -0.494 e. The maximum Gasteiger partial charge on any atom is 0.343 e. The molecule has 3 rings (SSSR count). The van der Waals surface area contributed by atoms with Crippen molar-refractivity contribution in [2.24, 2.45) is 10.2 Å².